The van der Waals surface area contributed by atoms with Gasteiger partial charge in [0.1, 0.15) is 5.75 Å². The number of phosphoric acid groups is 1. The van der Waals surface area contributed by atoms with Gasteiger partial charge in [-0.05, 0) is 49.3 Å². The van der Waals surface area contributed by atoms with Gasteiger partial charge in [0.25, 0.3) is 0 Å². The van der Waals surface area contributed by atoms with Gasteiger partial charge in [-0.1, -0.05) is 38.8 Å². The normalized spacial score (nSPS) is 11.7. The standard InChI is InChI=1S/C15H25O4P/c1-4-6-8-13-11-10-12(3)15(19-20(16,17)18)14(13)9-7-5-2/h10-11H,4-9H2,1-3H3,(H2,16,17,18). The molecule has 5 heteroatoms. The van der Waals surface area contributed by atoms with Crippen LogP contribution in [0.4, 0.5) is 0 Å². The van der Waals surface area contributed by atoms with E-state index in [-0.39, 0.29) is 0 Å². The van der Waals surface area contributed by atoms with E-state index in [4.69, 9.17) is 14.3 Å². The van der Waals surface area contributed by atoms with Crippen molar-refractivity contribution in [2.75, 3.05) is 0 Å². The van der Waals surface area contributed by atoms with Crippen LogP contribution in [0.25, 0.3) is 0 Å². The van der Waals surface area contributed by atoms with Crippen molar-refractivity contribution in [2.24, 2.45) is 0 Å². The Kier molecular flexibility index (Phi) is 6.74. The Hall–Kier alpha value is -0.830. The number of phosphoric ester groups is 1. The molecule has 0 saturated carbocycles. The first-order valence-corrected chi connectivity index (χ1v) is 8.78. The van der Waals surface area contributed by atoms with E-state index < -0.39 is 7.82 Å². The molecule has 0 aliphatic rings. The van der Waals surface area contributed by atoms with Gasteiger partial charge in [0.15, 0.2) is 0 Å². The molecule has 4 nitrogen and oxygen atoms in total. The summed E-state index contributed by atoms with van der Waals surface area (Å²) >= 11 is 0. The largest absolute Gasteiger partial charge is 0.524 e. The van der Waals surface area contributed by atoms with Crippen LogP contribution in [0.5, 0.6) is 5.75 Å². The molecule has 0 aromatic heterocycles. The fourth-order valence-electron chi connectivity index (χ4n) is 2.26. The second-order valence-corrected chi connectivity index (χ2v) is 6.30. The van der Waals surface area contributed by atoms with E-state index in [0.717, 1.165) is 55.2 Å². The van der Waals surface area contributed by atoms with E-state index in [1.807, 2.05) is 13.0 Å². The molecule has 0 aliphatic heterocycles. The molecule has 20 heavy (non-hydrogen) atoms. The summed E-state index contributed by atoms with van der Waals surface area (Å²) in [5, 5.41) is 0. The predicted molar refractivity (Wildman–Crippen MR) is 81.1 cm³/mol. The van der Waals surface area contributed by atoms with Gasteiger partial charge >= 0.3 is 7.82 Å². The Balaban J connectivity index is 3.18. The van der Waals surface area contributed by atoms with Gasteiger partial charge in [-0.2, -0.15) is 0 Å². The van der Waals surface area contributed by atoms with Gasteiger partial charge in [0.05, 0.1) is 0 Å². The highest BCUT2D eigenvalue weighted by Gasteiger charge is 2.21. The lowest BCUT2D eigenvalue weighted by atomic mass is 9.95. The lowest BCUT2D eigenvalue weighted by Crippen LogP contribution is -2.02. The fraction of sp³-hybridized carbons (Fsp3) is 0.600. The smallest absolute Gasteiger partial charge is 0.404 e. The molecule has 1 rings (SSSR count). The minimum absolute atomic E-state index is 0.375. The number of hydrogen-bond donors (Lipinski definition) is 2. The average Bonchev–Trinajstić information content (AvgIpc) is 2.36. The summed E-state index contributed by atoms with van der Waals surface area (Å²) in [7, 11) is -4.52. The Morgan fingerprint density at radius 2 is 1.70 bits per heavy atom. The molecular weight excluding hydrogens is 275 g/mol. The highest BCUT2D eigenvalue weighted by molar-refractivity contribution is 7.46. The quantitative estimate of drug-likeness (QED) is 0.708. The number of aryl methyl sites for hydroxylation is 2. The van der Waals surface area contributed by atoms with Crippen LogP contribution < -0.4 is 4.52 Å². The molecule has 0 amide bonds. The van der Waals surface area contributed by atoms with Crippen LogP contribution in [-0.4, -0.2) is 9.79 Å². The number of benzene rings is 1. The van der Waals surface area contributed by atoms with E-state index in [1.165, 1.54) is 0 Å². The first-order chi connectivity index (χ1) is 9.39. The SMILES string of the molecule is CCCCc1ccc(C)c(OP(=O)(O)O)c1CCCC. The van der Waals surface area contributed by atoms with Crippen molar-refractivity contribution in [3.63, 3.8) is 0 Å². The second kappa shape index (κ2) is 7.82. The second-order valence-electron chi connectivity index (χ2n) is 5.14. The fourth-order valence-corrected chi connectivity index (χ4v) is 2.75. The minimum Gasteiger partial charge on any atom is -0.404 e. The molecular formula is C15H25O4P. The molecule has 0 fully saturated rings. The summed E-state index contributed by atoms with van der Waals surface area (Å²) in [5.74, 6) is 0.375. The van der Waals surface area contributed by atoms with E-state index >= 15 is 0 Å². The molecule has 0 unspecified atom stereocenters. The highest BCUT2D eigenvalue weighted by atomic mass is 31.2. The van der Waals surface area contributed by atoms with Crippen LogP contribution in [0.1, 0.15) is 56.2 Å². The molecule has 0 aliphatic carbocycles. The van der Waals surface area contributed by atoms with Crippen LogP contribution in [-0.2, 0) is 17.4 Å². The zero-order valence-electron chi connectivity index (χ0n) is 12.6. The van der Waals surface area contributed by atoms with Crippen molar-refractivity contribution < 1.29 is 18.9 Å². The summed E-state index contributed by atoms with van der Waals surface area (Å²) in [6.07, 6.45) is 5.91. The monoisotopic (exact) mass is 300 g/mol. The Labute approximate surface area is 121 Å². The van der Waals surface area contributed by atoms with Crippen molar-refractivity contribution in [3.05, 3.63) is 28.8 Å². The average molecular weight is 300 g/mol. The number of hydrogen-bond acceptors (Lipinski definition) is 2. The van der Waals surface area contributed by atoms with Gasteiger partial charge in [0.2, 0.25) is 0 Å². The number of rotatable bonds is 8. The van der Waals surface area contributed by atoms with Crippen LogP contribution in [0.15, 0.2) is 12.1 Å². The predicted octanol–water partition coefficient (Wildman–Crippen LogP) is 4.15. The van der Waals surface area contributed by atoms with Crippen molar-refractivity contribution >= 4 is 7.82 Å². The van der Waals surface area contributed by atoms with Crippen LogP contribution in [0.2, 0.25) is 0 Å². The van der Waals surface area contributed by atoms with Gasteiger partial charge in [-0.15, -0.1) is 0 Å². The zero-order chi connectivity index (χ0) is 15.2. The van der Waals surface area contributed by atoms with Crippen molar-refractivity contribution in [2.45, 2.75) is 59.3 Å². The van der Waals surface area contributed by atoms with Gasteiger partial charge in [-0.25, -0.2) is 4.57 Å². The molecule has 0 atom stereocenters. The zero-order valence-corrected chi connectivity index (χ0v) is 13.4. The van der Waals surface area contributed by atoms with Gasteiger partial charge in [0, 0.05) is 0 Å². The third-order valence-corrected chi connectivity index (χ3v) is 3.76. The Bertz CT molecular complexity index is 479. The summed E-state index contributed by atoms with van der Waals surface area (Å²) in [4.78, 5) is 18.2. The maximum atomic E-state index is 11.2. The van der Waals surface area contributed by atoms with Gasteiger partial charge < -0.3 is 4.52 Å². The third-order valence-electron chi connectivity index (χ3n) is 3.34. The van der Waals surface area contributed by atoms with Gasteiger partial charge in [-0.3, -0.25) is 9.79 Å². The highest BCUT2D eigenvalue weighted by Crippen LogP contribution is 2.42. The topological polar surface area (TPSA) is 66.8 Å². The molecule has 1 aromatic rings. The molecule has 0 spiro atoms. The molecule has 0 bridgehead atoms. The lowest BCUT2D eigenvalue weighted by Gasteiger charge is -2.18. The van der Waals surface area contributed by atoms with Crippen molar-refractivity contribution in [1.29, 1.82) is 0 Å². The molecule has 0 heterocycles. The minimum atomic E-state index is -4.52. The van der Waals surface area contributed by atoms with Crippen LogP contribution in [0.3, 0.4) is 0 Å². The van der Waals surface area contributed by atoms with E-state index in [9.17, 15) is 4.57 Å². The Morgan fingerprint density at radius 3 is 2.25 bits per heavy atom. The summed E-state index contributed by atoms with van der Waals surface area (Å²) < 4.78 is 16.1. The maximum absolute atomic E-state index is 11.2. The third kappa shape index (κ3) is 5.28. The van der Waals surface area contributed by atoms with E-state index in [2.05, 4.69) is 19.9 Å². The Morgan fingerprint density at radius 1 is 1.10 bits per heavy atom. The molecule has 1 aromatic carbocycles. The summed E-state index contributed by atoms with van der Waals surface area (Å²) in [6, 6.07) is 3.94. The molecule has 0 radical (unpaired) electrons. The molecule has 2 N–H and O–H groups in total. The first-order valence-electron chi connectivity index (χ1n) is 7.25. The maximum Gasteiger partial charge on any atom is 0.524 e. The van der Waals surface area contributed by atoms with Crippen molar-refractivity contribution in [3.8, 4) is 5.75 Å². The molecule has 114 valence electrons. The van der Waals surface area contributed by atoms with Crippen LogP contribution >= 0.6 is 7.82 Å². The summed E-state index contributed by atoms with van der Waals surface area (Å²) in [5.41, 5.74) is 2.89. The van der Waals surface area contributed by atoms with E-state index in [0.29, 0.717) is 5.75 Å². The van der Waals surface area contributed by atoms with Crippen LogP contribution in [0, 0.1) is 6.92 Å². The lowest BCUT2D eigenvalue weighted by molar-refractivity contribution is 0.281. The molecule has 0 saturated heterocycles. The number of unbranched alkanes of at least 4 members (excludes halogenated alkanes) is 2. The summed E-state index contributed by atoms with van der Waals surface area (Å²) in [6.45, 7) is 6.06. The van der Waals surface area contributed by atoms with E-state index in [1.54, 1.807) is 0 Å². The first kappa shape index (κ1) is 17.2. The van der Waals surface area contributed by atoms with Crippen molar-refractivity contribution in [1.82, 2.24) is 0 Å².